The van der Waals surface area contributed by atoms with E-state index in [1.54, 1.807) is 0 Å². The Bertz CT molecular complexity index is 1240. The molecule has 1 aliphatic carbocycles. The molecule has 4 nitrogen and oxygen atoms in total. The van der Waals surface area contributed by atoms with E-state index in [2.05, 4.69) is 95.9 Å². The van der Waals surface area contributed by atoms with Gasteiger partial charge in [-0.25, -0.2) is 0 Å². The molecule has 1 aliphatic rings. The molecule has 0 unspecified atom stereocenters. The van der Waals surface area contributed by atoms with Crippen LogP contribution in [-0.4, -0.2) is 15.9 Å². The van der Waals surface area contributed by atoms with E-state index in [4.69, 9.17) is 4.84 Å². The third-order valence-corrected chi connectivity index (χ3v) is 5.34. The van der Waals surface area contributed by atoms with Crippen molar-refractivity contribution in [2.75, 3.05) is 0 Å². The zero-order valence-corrected chi connectivity index (χ0v) is 17.0. The normalized spacial score (nSPS) is 13.2. The van der Waals surface area contributed by atoms with Crippen molar-refractivity contribution in [3.05, 3.63) is 107 Å². The molecule has 0 atom stereocenters. The number of hydrogen-bond acceptors (Lipinski definition) is 4. The highest BCUT2D eigenvalue weighted by atomic mass is 16.6. The quantitative estimate of drug-likeness (QED) is 0.369. The number of oxime groups is 1. The van der Waals surface area contributed by atoms with Gasteiger partial charge in [-0.1, -0.05) is 89.1 Å². The van der Waals surface area contributed by atoms with Gasteiger partial charge in [-0.05, 0) is 25.5 Å². The maximum absolute atomic E-state index is 5.76. The molecule has 0 radical (unpaired) electrons. The van der Waals surface area contributed by atoms with E-state index in [0.29, 0.717) is 6.61 Å². The second-order valence-electron chi connectivity index (χ2n) is 7.60. The molecule has 0 saturated carbocycles. The molecular formula is C26H21N3O. The number of nitrogens with zero attached hydrogens (tertiary/aromatic N) is 3. The molecule has 146 valence electrons. The van der Waals surface area contributed by atoms with E-state index in [0.717, 1.165) is 44.9 Å². The van der Waals surface area contributed by atoms with E-state index < -0.39 is 0 Å². The highest BCUT2D eigenvalue weighted by Gasteiger charge is 2.28. The summed E-state index contributed by atoms with van der Waals surface area (Å²) in [5.41, 5.74) is 10.0. The van der Waals surface area contributed by atoms with Crippen LogP contribution in [0.25, 0.3) is 22.5 Å². The summed E-state index contributed by atoms with van der Waals surface area (Å²) < 4.78 is 0. The first kappa shape index (κ1) is 18.3. The number of rotatable bonds is 4. The fraction of sp³-hybridized carbons (Fsp3) is 0.115. The van der Waals surface area contributed by atoms with E-state index in [1.807, 2.05) is 12.1 Å². The molecule has 4 aromatic rings. The Morgan fingerprint density at radius 1 is 0.733 bits per heavy atom. The molecule has 0 amide bonds. The van der Waals surface area contributed by atoms with Gasteiger partial charge in [0.1, 0.15) is 18.0 Å². The van der Waals surface area contributed by atoms with Crippen LogP contribution < -0.4 is 0 Å². The molecule has 0 N–H and O–H groups in total. The predicted molar refractivity (Wildman–Crippen MR) is 119 cm³/mol. The number of fused-ring (bicyclic) bond motifs is 3. The van der Waals surface area contributed by atoms with Gasteiger partial charge in [-0.2, -0.15) is 0 Å². The van der Waals surface area contributed by atoms with Gasteiger partial charge in [0.2, 0.25) is 0 Å². The van der Waals surface area contributed by atoms with Crippen molar-refractivity contribution in [1.29, 1.82) is 0 Å². The minimum absolute atomic E-state index is 0.421. The average molecular weight is 391 g/mol. The second-order valence-corrected chi connectivity index (χ2v) is 7.60. The number of aryl methyl sites for hydroxylation is 2. The Kier molecular flexibility index (Phi) is 4.60. The number of hydrogen-bond donors (Lipinski definition) is 0. The van der Waals surface area contributed by atoms with Crippen LogP contribution >= 0.6 is 0 Å². The summed E-state index contributed by atoms with van der Waals surface area (Å²) in [4.78, 5) is 5.76. The number of benzene rings is 3. The summed E-state index contributed by atoms with van der Waals surface area (Å²) in [6.07, 6.45) is 0. The maximum Gasteiger partial charge on any atom is 0.142 e. The van der Waals surface area contributed by atoms with Crippen LogP contribution in [0.4, 0.5) is 0 Å². The predicted octanol–water partition coefficient (Wildman–Crippen LogP) is 5.71. The van der Waals surface area contributed by atoms with Crippen LogP contribution in [0.1, 0.15) is 27.8 Å². The highest BCUT2D eigenvalue weighted by Crippen LogP contribution is 2.36. The summed E-state index contributed by atoms with van der Waals surface area (Å²) in [5, 5.41) is 13.5. The molecule has 0 spiro atoms. The van der Waals surface area contributed by atoms with Gasteiger partial charge in [0.15, 0.2) is 0 Å². The summed E-state index contributed by atoms with van der Waals surface area (Å²) in [5.74, 6) is 0. The standard InChI is InChI=1S/C26H21N3O/c1-17-7-11-19(12-8-17)16-30-29-26-22-6-4-3-5-21(22)25-23(26)15-24(27-28-25)20-13-9-18(2)10-14-20/h3-15H,16H2,1-2H3/b29-26-. The molecule has 0 saturated heterocycles. The summed E-state index contributed by atoms with van der Waals surface area (Å²) in [6.45, 7) is 4.57. The van der Waals surface area contributed by atoms with Gasteiger partial charge in [0.25, 0.3) is 0 Å². The maximum atomic E-state index is 5.76. The molecule has 1 aromatic heterocycles. The van der Waals surface area contributed by atoms with Crippen LogP contribution in [0.2, 0.25) is 0 Å². The topological polar surface area (TPSA) is 47.4 Å². The van der Waals surface area contributed by atoms with Crippen molar-refractivity contribution in [2.24, 2.45) is 5.16 Å². The first-order valence-electron chi connectivity index (χ1n) is 9.99. The first-order valence-corrected chi connectivity index (χ1v) is 9.99. The fourth-order valence-corrected chi connectivity index (χ4v) is 3.63. The van der Waals surface area contributed by atoms with Crippen molar-refractivity contribution in [3.63, 3.8) is 0 Å². The minimum Gasteiger partial charge on any atom is -0.390 e. The molecule has 4 heteroatoms. The largest absolute Gasteiger partial charge is 0.390 e. The SMILES string of the molecule is Cc1ccc(CO/N=C2/c3ccccc3-c3nnc(-c4ccc(C)cc4)cc32)cc1. The third kappa shape index (κ3) is 3.37. The summed E-state index contributed by atoms with van der Waals surface area (Å²) >= 11 is 0. The summed E-state index contributed by atoms with van der Waals surface area (Å²) in [7, 11) is 0. The van der Waals surface area contributed by atoms with Crippen LogP contribution in [-0.2, 0) is 11.4 Å². The molecule has 0 aliphatic heterocycles. The second kappa shape index (κ2) is 7.56. The van der Waals surface area contributed by atoms with Crippen molar-refractivity contribution in [2.45, 2.75) is 20.5 Å². The molecule has 0 fully saturated rings. The van der Waals surface area contributed by atoms with Crippen LogP contribution in [0.15, 0.2) is 84.0 Å². The lowest BCUT2D eigenvalue weighted by Gasteiger charge is -2.06. The van der Waals surface area contributed by atoms with Crippen molar-refractivity contribution < 1.29 is 4.84 Å². The van der Waals surface area contributed by atoms with Crippen LogP contribution in [0.3, 0.4) is 0 Å². The van der Waals surface area contributed by atoms with Gasteiger partial charge in [-0.15, -0.1) is 10.2 Å². The molecule has 3 aromatic carbocycles. The zero-order chi connectivity index (χ0) is 20.5. The average Bonchev–Trinajstić information content (AvgIpc) is 3.09. The molecule has 0 bridgehead atoms. The third-order valence-electron chi connectivity index (χ3n) is 5.34. The zero-order valence-electron chi connectivity index (χ0n) is 17.0. The van der Waals surface area contributed by atoms with Gasteiger partial charge in [0.05, 0.1) is 5.69 Å². The fourth-order valence-electron chi connectivity index (χ4n) is 3.63. The Labute approximate surface area is 175 Å². The van der Waals surface area contributed by atoms with Crippen LogP contribution in [0.5, 0.6) is 0 Å². The smallest absolute Gasteiger partial charge is 0.142 e. The molecular weight excluding hydrogens is 370 g/mol. The van der Waals surface area contributed by atoms with Crippen molar-refractivity contribution >= 4 is 5.71 Å². The Morgan fingerprint density at radius 3 is 2.13 bits per heavy atom. The van der Waals surface area contributed by atoms with Gasteiger partial charge in [0, 0.05) is 22.3 Å². The van der Waals surface area contributed by atoms with Gasteiger partial charge in [-0.3, -0.25) is 0 Å². The van der Waals surface area contributed by atoms with Crippen molar-refractivity contribution in [3.8, 4) is 22.5 Å². The highest BCUT2D eigenvalue weighted by molar-refractivity contribution is 6.23. The van der Waals surface area contributed by atoms with Crippen molar-refractivity contribution in [1.82, 2.24) is 10.2 Å². The van der Waals surface area contributed by atoms with E-state index >= 15 is 0 Å². The van der Waals surface area contributed by atoms with Gasteiger partial charge >= 0.3 is 0 Å². The monoisotopic (exact) mass is 391 g/mol. The van der Waals surface area contributed by atoms with E-state index in [1.165, 1.54) is 11.1 Å². The Hall–Kier alpha value is -3.79. The molecule has 30 heavy (non-hydrogen) atoms. The lowest BCUT2D eigenvalue weighted by molar-refractivity contribution is 0.131. The first-order chi connectivity index (χ1) is 14.7. The number of aromatic nitrogens is 2. The molecule has 5 rings (SSSR count). The summed E-state index contributed by atoms with van der Waals surface area (Å²) in [6, 6.07) is 26.8. The minimum atomic E-state index is 0.421. The Balaban J connectivity index is 1.51. The molecule has 1 heterocycles. The van der Waals surface area contributed by atoms with E-state index in [9.17, 15) is 0 Å². The van der Waals surface area contributed by atoms with Gasteiger partial charge < -0.3 is 4.84 Å². The lowest BCUT2D eigenvalue weighted by Crippen LogP contribution is -2.02. The lowest BCUT2D eigenvalue weighted by atomic mass is 10.1. The van der Waals surface area contributed by atoms with Crippen LogP contribution in [0, 0.1) is 13.8 Å². The Morgan fingerprint density at radius 2 is 1.40 bits per heavy atom. The van der Waals surface area contributed by atoms with E-state index in [-0.39, 0.29) is 0 Å².